The molecule has 140 valence electrons. The van der Waals surface area contributed by atoms with Crippen molar-refractivity contribution in [2.24, 2.45) is 5.92 Å². The van der Waals surface area contributed by atoms with E-state index in [-0.39, 0.29) is 6.04 Å². The van der Waals surface area contributed by atoms with Gasteiger partial charge in [-0.05, 0) is 23.6 Å². The molecule has 6 nitrogen and oxygen atoms in total. The fourth-order valence-electron chi connectivity index (χ4n) is 3.10. The van der Waals surface area contributed by atoms with Crippen molar-refractivity contribution in [1.82, 2.24) is 15.5 Å². The molecule has 0 amide bonds. The van der Waals surface area contributed by atoms with Crippen LogP contribution in [0.5, 0.6) is 11.5 Å². The van der Waals surface area contributed by atoms with Crippen LogP contribution in [0.15, 0.2) is 53.1 Å². The number of benzene rings is 2. The molecule has 0 saturated carbocycles. The lowest BCUT2D eigenvalue weighted by atomic mass is 10.0. The molecule has 27 heavy (non-hydrogen) atoms. The molecule has 0 unspecified atom stereocenters. The summed E-state index contributed by atoms with van der Waals surface area (Å²) >= 11 is 0. The van der Waals surface area contributed by atoms with Crippen molar-refractivity contribution in [2.45, 2.75) is 26.4 Å². The molecular weight excluding hydrogens is 342 g/mol. The average Bonchev–Trinajstić information content (AvgIpc) is 3.18. The van der Waals surface area contributed by atoms with Crippen LogP contribution in [0.25, 0.3) is 11.4 Å². The Hall–Kier alpha value is -2.86. The maximum atomic E-state index is 5.66. The summed E-state index contributed by atoms with van der Waals surface area (Å²) in [6, 6.07) is 15.8. The van der Waals surface area contributed by atoms with E-state index in [0.29, 0.717) is 37.4 Å². The van der Waals surface area contributed by atoms with E-state index in [1.807, 2.05) is 48.5 Å². The zero-order valence-corrected chi connectivity index (χ0v) is 15.5. The predicted octanol–water partition coefficient (Wildman–Crippen LogP) is 3.99. The van der Waals surface area contributed by atoms with Crippen LogP contribution in [0.1, 0.15) is 31.3 Å². The van der Waals surface area contributed by atoms with Crippen LogP contribution in [0, 0.1) is 5.92 Å². The van der Waals surface area contributed by atoms with E-state index in [1.165, 1.54) is 0 Å². The summed E-state index contributed by atoms with van der Waals surface area (Å²) in [5, 5.41) is 7.67. The molecule has 0 saturated heterocycles. The standard InChI is InChI=1S/C21H23N3O3/c1-14(2)19(21-23-20(24-27-21)16-6-4-3-5-7-16)22-13-15-8-9-17-18(12-15)26-11-10-25-17/h3-9,12,14,19,22H,10-11,13H2,1-2H3/t19-/m0/s1. The lowest BCUT2D eigenvalue weighted by Crippen LogP contribution is -2.26. The minimum atomic E-state index is -0.0387. The number of hydrogen-bond donors (Lipinski definition) is 1. The lowest BCUT2D eigenvalue weighted by molar-refractivity contribution is 0.171. The largest absolute Gasteiger partial charge is 0.486 e. The fraction of sp³-hybridized carbons (Fsp3) is 0.333. The van der Waals surface area contributed by atoms with E-state index in [1.54, 1.807) is 0 Å². The molecule has 4 rings (SSSR count). The Morgan fingerprint density at radius 2 is 1.78 bits per heavy atom. The summed E-state index contributed by atoms with van der Waals surface area (Å²) < 4.78 is 16.8. The molecule has 1 aliphatic rings. The van der Waals surface area contributed by atoms with Crippen LogP contribution < -0.4 is 14.8 Å². The maximum absolute atomic E-state index is 5.66. The van der Waals surface area contributed by atoms with Gasteiger partial charge < -0.3 is 19.3 Å². The molecule has 1 aliphatic heterocycles. The van der Waals surface area contributed by atoms with Crippen molar-refractivity contribution >= 4 is 0 Å². The predicted molar refractivity (Wildman–Crippen MR) is 102 cm³/mol. The number of rotatable bonds is 6. The summed E-state index contributed by atoms with van der Waals surface area (Å²) in [7, 11) is 0. The maximum Gasteiger partial charge on any atom is 0.244 e. The van der Waals surface area contributed by atoms with Crippen molar-refractivity contribution in [3.8, 4) is 22.9 Å². The first-order valence-corrected chi connectivity index (χ1v) is 9.21. The van der Waals surface area contributed by atoms with Crippen molar-refractivity contribution in [3.05, 3.63) is 60.0 Å². The zero-order chi connectivity index (χ0) is 18.6. The summed E-state index contributed by atoms with van der Waals surface area (Å²) in [5.41, 5.74) is 2.06. The molecule has 0 radical (unpaired) electrons. The van der Waals surface area contributed by atoms with Crippen molar-refractivity contribution < 1.29 is 14.0 Å². The molecule has 0 aliphatic carbocycles. The third kappa shape index (κ3) is 3.95. The molecular formula is C21H23N3O3. The minimum Gasteiger partial charge on any atom is -0.486 e. The monoisotopic (exact) mass is 365 g/mol. The van der Waals surface area contributed by atoms with E-state index in [4.69, 9.17) is 14.0 Å². The Morgan fingerprint density at radius 3 is 2.56 bits per heavy atom. The highest BCUT2D eigenvalue weighted by Gasteiger charge is 2.23. The highest BCUT2D eigenvalue weighted by Crippen LogP contribution is 2.31. The number of ether oxygens (including phenoxy) is 2. The summed E-state index contributed by atoms with van der Waals surface area (Å²) in [4.78, 5) is 4.60. The van der Waals surface area contributed by atoms with Crippen molar-refractivity contribution in [2.75, 3.05) is 13.2 Å². The van der Waals surface area contributed by atoms with Crippen LogP contribution >= 0.6 is 0 Å². The molecule has 1 atom stereocenters. The van der Waals surface area contributed by atoms with Gasteiger partial charge in [0.15, 0.2) is 11.5 Å². The highest BCUT2D eigenvalue weighted by molar-refractivity contribution is 5.53. The Kier molecular flexibility index (Phi) is 5.07. The number of fused-ring (bicyclic) bond motifs is 1. The minimum absolute atomic E-state index is 0.0387. The smallest absolute Gasteiger partial charge is 0.244 e. The van der Waals surface area contributed by atoms with Gasteiger partial charge in [-0.3, -0.25) is 0 Å². The molecule has 0 fully saturated rings. The fourth-order valence-corrected chi connectivity index (χ4v) is 3.10. The summed E-state index contributed by atoms with van der Waals surface area (Å²) in [6.45, 7) is 6.12. The Balaban J connectivity index is 1.48. The number of aromatic nitrogens is 2. The molecule has 1 N–H and O–H groups in total. The average molecular weight is 365 g/mol. The molecule has 6 heteroatoms. The van der Waals surface area contributed by atoms with Gasteiger partial charge in [-0.15, -0.1) is 0 Å². The Bertz CT molecular complexity index is 893. The van der Waals surface area contributed by atoms with Crippen LogP contribution in [-0.2, 0) is 6.54 Å². The number of hydrogen-bond acceptors (Lipinski definition) is 6. The van der Waals surface area contributed by atoms with E-state index in [9.17, 15) is 0 Å². The second kappa shape index (κ2) is 7.80. The Morgan fingerprint density at radius 1 is 1.00 bits per heavy atom. The lowest BCUT2D eigenvalue weighted by Gasteiger charge is -2.21. The van der Waals surface area contributed by atoms with Gasteiger partial charge in [-0.2, -0.15) is 4.98 Å². The van der Waals surface area contributed by atoms with Gasteiger partial charge in [0.25, 0.3) is 0 Å². The third-order valence-corrected chi connectivity index (χ3v) is 4.54. The van der Waals surface area contributed by atoms with Gasteiger partial charge in [0.1, 0.15) is 13.2 Å². The molecule has 0 bridgehead atoms. The summed E-state index contributed by atoms with van der Waals surface area (Å²) in [5.74, 6) is 3.10. The van der Waals surface area contributed by atoms with Crippen molar-refractivity contribution in [1.29, 1.82) is 0 Å². The van der Waals surface area contributed by atoms with E-state index < -0.39 is 0 Å². The molecule has 2 heterocycles. The van der Waals surface area contributed by atoms with Gasteiger partial charge in [0.2, 0.25) is 11.7 Å². The normalized spacial score (nSPS) is 14.3. The second-order valence-corrected chi connectivity index (χ2v) is 6.90. The van der Waals surface area contributed by atoms with Gasteiger partial charge >= 0.3 is 0 Å². The summed E-state index contributed by atoms with van der Waals surface area (Å²) in [6.07, 6.45) is 0. The highest BCUT2D eigenvalue weighted by atomic mass is 16.6. The third-order valence-electron chi connectivity index (χ3n) is 4.54. The van der Waals surface area contributed by atoms with Gasteiger partial charge in [-0.25, -0.2) is 0 Å². The first-order valence-electron chi connectivity index (χ1n) is 9.21. The van der Waals surface area contributed by atoms with E-state index >= 15 is 0 Å². The van der Waals surface area contributed by atoms with E-state index in [2.05, 4.69) is 29.3 Å². The van der Waals surface area contributed by atoms with Gasteiger partial charge in [-0.1, -0.05) is 55.4 Å². The quantitative estimate of drug-likeness (QED) is 0.712. The first-order chi connectivity index (χ1) is 13.2. The second-order valence-electron chi connectivity index (χ2n) is 6.90. The molecule has 1 aromatic heterocycles. The first kappa shape index (κ1) is 17.5. The van der Waals surface area contributed by atoms with E-state index in [0.717, 1.165) is 22.6 Å². The molecule has 2 aromatic carbocycles. The van der Waals surface area contributed by atoms with Crippen LogP contribution in [0.4, 0.5) is 0 Å². The van der Waals surface area contributed by atoms with Crippen LogP contribution in [0.2, 0.25) is 0 Å². The Labute approximate surface area is 158 Å². The van der Waals surface area contributed by atoms with Crippen LogP contribution in [-0.4, -0.2) is 23.4 Å². The molecule has 3 aromatic rings. The molecule has 0 spiro atoms. The zero-order valence-electron chi connectivity index (χ0n) is 15.5. The van der Waals surface area contributed by atoms with Gasteiger partial charge in [0.05, 0.1) is 6.04 Å². The SMILES string of the molecule is CC(C)[C@H](NCc1ccc2c(c1)OCCO2)c1nc(-c2ccccc2)no1. The topological polar surface area (TPSA) is 69.4 Å². The van der Waals surface area contributed by atoms with Crippen LogP contribution in [0.3, 0.4) is 0 Å². The van der Waals surface area contributed by atoms with Gasteiger partial charge in [0, 0.05) is 12.1 Å². The number of nitrogens with zero attached hydrogens (tertiary/aromatic N) is 2. The number of nitrogens with one attached hydrogen (secondary N) is 1. The van der Waals surface area contributed by atoms with Crippen molar-refractivity contribution in [3.63, 3.8) is 0 Å².